The summed E-state index contributed by atoms with van der Waals surface area (Å²) in [6.07, 6.45) is 1.93. The van der Waals surface area contributed by atoms with Crippen molar-refractivity contribution in [3.8, 4) is 11.4 Å². The summed E-state index contributed by atoms with van der Waals surface area (Å²) in [6.45, 7) is 1.35. The Bertz CT molecular complexity index is 579. The van der Waals surface area contributed by atoms with Crippen LogP contribution in [0.5, 0.6) is 0 Å². The molecule has 1 atom stereocenters. The fraction of sp³-hybridized carbons (Fsp3) is 0.417. The van der Waals surface area contributed by atoms with E-state index in [9.17, 15) is 4.39 Å². The third-order valence-electron chi connectivity index (χ3n) is 3.23. The molecule has 3 rings (SSSR count). The first kappa shape index (κ1) is 12.0. The first-order valence-corrected chi connectivity index (χ1v) is 6.16. The second-order valence-electron chi connectivity index (χ2n) is 4.55. The van der Waals surface area contributed by atoms with Crippen LogP contribution in [-0.4, -0.2) is 33.4 Å². The summed E-state index contributed by atoms with van der Waals surface area (Å²) in [7, 11) is 0. The van der Waals surface area contributed by atoms with Gasteiger partial charge < -0.3 is 10.5 Å². The molecule has 0 aliphatic carbocycles. The van der Waals surface area contributed by atoms with Crippen molar-refractivity contribution in [2.75, 3.05) is 18.9 Å². The highest BCUT2D eigenvalue weighted by Gasteiger charge is 2.21. The van der Waals surface area contributed by atoms with Crippen LogP contribution in [0.1, 0.15) is 18.9 Å². The van der Waals surface area contributed by atoms with Gasteiger partial charge in [-0.05, 0) is 41.5 Å². The number of ether oxygens (including phenoxy) is 1. The second kappa shape index (κ2) is 4.93. The molecule has 1 aromatic heterocycles. The minimum atomic E-state index is -0.466. The fourth-order valence-electron chi connectivity index (χ4n) is 2.21. The quantitative estimate of drug-likeness (QED) is 0.829. The summed E-state index contributed by atoms with van der Waals surface area (Å²) in [4.78, 5) is 0. The van der Waals surface area contributed by atoms with E-state index in [4.69, 9.17) is 10.5 Å². The highest BCUT2D eigenvalue weighted by Crippen LogP contribution is 2.26. The second-order valence-corrected chi connectivity index (χ2v) is 4.55. The lowest BCUT2D eigenvalue weighted by Crippen LogP contribution is -2.23. The van der Waals surface area contributed by atoms with Crippen molar-refractivity contribution in [2.24, 2.45) is 0 Å². The van der Waals surface area contributed by atoms with Crippen LogP contribution in [0.15, 0.2) is 18.2 Å². The zero-order valence-corrected chi connectivity index (χ0v) is 10.3. The summed E-state index contributed by atoms with van der Waals surface area (Å²) in [5.74, 6) is 0.0707. The molecule has 0 amide bonds. The molecule has 1 aliphatic heterocycles. The molecule has 1 aromatic carbocycles. The molecule has 0 spiro atoms. The number of nitrogen functional groups attached to an aromatic ring is 1. The molecular weight excluding hydrogens is 249 g/mol. The Balaban J connectivity index is 1.96. The average molecular weight is 263 g/mol. The number of rotatable bonds is 2. The van der Waals surface area contributed by atoms with Gasteiger partial charge in [0.25, 0.3) is 0 Å². The number of aromatic nitrogens is 4. The van der Waals surface area contributed by atoms with Crippen molar-refractivity contribution < 1.29 is 9.13 Å². The van der Waals surface area contributed by atoms with Crippen LogP contribution < -0.4 is 5.73 Å². The molecule has 2 aromatic rings. The summed E-state index contributed by atoms with van der Waals surface area (Å²) < 4.78 is 20.6. The first-order valence-electron chi connectivity index (χ1n) is 6.16. The molecule has 0 saturated carbocycles. The third-order valence-corrected chi connectivity index (χ3v) is 3.23. The molecule has 2 N–H and O–H groups in total. The largest absolute Gasteiger partial charge is 0.396 e. The van der Waals surface area contributed by atoms with E-state index < -0.39 is 5.82 Å². The number of hydrogen-bond donors (Lipinski definition) is 1. The maximum absolute atomic E-state index is 13.5. The molecule has 1 fully saturated rings. The Morgan fingerprint density at radius 3 is 3.05 bits per heavy atom. The summed E-state index contributed by atoms with van der Waals surface area (Å²) in [5.41, 5.74) is 6.20. The van der Waals surface area contributed by atoms with Gasteiger partial charge in [0.15, 0.2) is 5.82 Å². The summed E-state index contributed by atoms with van der Waals surface area (Å²) >= 11 is 0. The monoisotopic (exact) mass is 263 g/mol. The molecule has 0 radical (unpaired) electrons. The van der Waals surface area contributed by atoms with Crippen molar-refractivity contribution in [2.45, 2.75) is 18.9 Å². The number of tetrazole rings is 1. The molecule has 19 heavy (non-hydrogen) atoms. The lowest BCUT2D eigenvalue weighted by atomic mass is 10.1. The predicted octanol–water partition coefficient (Wildman–Crippen LogP) is 1.41. The fourth-order valence-corrected chi connectivity index (χ4v) is 2.21. The zero-order valence-electron chi connectivity index (χ0n) is 10.3. The molecule has 6 nitrogen and oxygen atoms in total. The number of anilines is 1. The minimum Gasteiger partial charge on any atom is -0.396 e. The van der Waals surface area contributed by atoms with Crippen molar-refractivity contribution in [3.63, 3.8) is 0 Å². The maximum atomic E-state index is 13.5. The van der Waals surface area contributed by atoms with Crippen LogP contribution in [0.25, 0.3) is 11.4 Å². The minimum absolute atomic E-state index is 0.0966. The number of nitrogens with two attached hydrogens (primary N) is 1. The van der Waals surface area contributed by atoms with Crippen LogP contribution in [0.3, 0.4) is 0 Å². The van der Waals surface area contributed by atoms with Crippen LogP contribution in [-0.2, 0) is 4.74 Å². The summed E-state index contributed by atoms with van der Waals surface area (Å²) in [5, 5.41) is 11.6. The normalized spacial score (nSPS) is 19.5. The lowest BCUT2D eigenvalue weighted by molar-refractivity contribution is 0.0548. The highest BCUT2D eigenvalue weighted by molar-refractivity contribution is 5.59. The van der Waals surface area contributed by atoms with Crippen LogP contribution >= 0.6 is 0 Å². The maximum Gasteiger partial charge on any atom is 0.182 e. The third kappa shape index (κ3) is 2.28. The zero-order chi connectivity index (χ0) is 13.2. The van der Waals surface area contributed by atoms with E-state index in [1.807, 2.05) is 0 Å². The van der Waals surface area contributed by atoms with Gasteiger partial charge in [-0.15, -0.1) is 5.10 Å². The first-order chi connectivity index (χ1) is 9.25. The van der Waals surface area contributed by atoms with Gasteiger partial charge in [0.2, 0.25) is 0 Å². The van der Waals surface area contributed by atoms with Gasteiger partial charge in [0.1, 0.15) is 5.82 Å². The Labute approximate surface area is 109 Å². The smallest absolute Gasteiger partial charge is 0.182 e. The van der Waals surface area contributed by atoms with Gasteiger partial charge in [0, 0.05) is 12.2 Å². The SMILES string of the molecule is Nc1ccc(-c2nnnn2C2CCCOC2)cc1F. The van der Waals surface area contributed by atoms with Gasteiger partial charge in [0.05, 0.1) is 18.3 Å². The molecule has 7 heteroatoms. The van der Waals surface area contributed by atoms with Crippen molar-refractivity contribution in [3.05, 3.63) is 24.0 Å². The number of benzene rings is 1. The van der Waals surface area contributed by atoms with E-state index >= 15 is 0 Å². The standard InChI is InChI=1S/C12H14FN5O/c13-10-6-8(3-4-11(10)14)12-15-16-17-18(12)9-2-1-5-19-7-9/h3-4,6,9H,1-2,5,7,14H2. The average Bonchev–Trinajstić information content (AvgIpc) is 2.92. The molecule has 2 heterocycles. The van der Waals surface area contributed by atoms with E-state index in [0.717, 1.165) is 19.4 Å². The Morgan fingerprint density at radius 2 is 2.32 bits per heavy atom. The van der Waals surface area contributed by atoms with Gasteiger partial charge in [-0.1, -0.05) is 0 Å². The van der Waals surface area contributed by atoms with Crippen molar-refractivity contribution >= 4 is 5.69 Å². The molecule has 1 unspecified atom stereocenters. The van der Waals surface area contributed by atoms with Crippen LogP contribution in [0.4, 0.5) is 10.1 Å². The van der Waals surface area contributed by atoms with Crippen molar-refractivity contribution in [1.82, 2.24) is 20.2 Å². The summed E-state index contributed by atoms with van der Waals surface area (Å²) in [6, 6.07) is 4.67. The van der Waals surface area contributed by atoms with Gasteiger partial charge in [-0.3, -0.25) is 0 Å². The number of halogens is 1. The van der Waals surface area contributed by atoms with E-state index in [0.29, 0.717) is 18.0 Å². The molecule has 100 valence electrons. The Kier molecular flexibility index (Phi) is 3.12. The predicted molar refractivity (Wildman–Crippen MR) is 66.7 cm³/mol. The Hall–Kier alpha value is -2.02. The molecule has 0 bridgehead atoms. The Morgan fingerprint density at radius 1 is 1.42 bits per heavy atom. The highest BCUT2D eigenvalue weighted by atomic mass is 19.1. The molecular formula is C12H14FN5O. The number of hydrogen-bond acceptors (Lipinski definition) is 5. The lowest BCUT2D eigenvalue weighted by Gasteiger charge is -2.22. The number of nitrogens with zero attached hydrogens (tertiary/aromatic N) is 4. The van der Waals surface area contributed by atoms with E-state index in [1.54, 1.807) is 10.7 Å². The molecule has 1 aliphatic rings. The van der Waals surface area contributed by atoms with Gasteiger partial charge in [-0.2, -0.15) is 0 Å². The van der Waals surface area contributed by atoms with Crippen LogP contribution in [0, 0.1) is 5.82 Å². The van der Waals surface area contributed by atoms with E-state index in [2.05, 4.69) is 15.5 Å². The van der Waals surface area contributed by atoms with E-state index in [1.165, 1.54) is 12.1 Å². The molecule has 1 saturated heterocycles. The van der Waals surface area contributed by atoms with Gasteiger partial charge in [-0.25, -0.2) is 9.07 Å². The van der Waals surface area contributed by atoms with Gasteiger partial charge >= 0.3 is 0 Å². The van der Waals surface area contributed by atoms with Crippen molar-refractivity contribution in [1.29, 1.82) is 0 Å². The van der Waals surface area contributed by atoms with Crippen LogP contribution in [0.2, 0.25) is 0 Å². The van der Waals surface area contributed by atoms with E-state index in [-0.39, 0.29) is 11.7 Å². The topological polar surface area (TPSA) is 78.9 Å².